The summed E-state index contributed by atoms with van der Waals surface area (Å²) in [5.74, 6) is -0.377. The largest absolute Gasteiger partial charge is 0.461 e. The lowest BCUT2D eigenvalue weighted by atomic mass is 9.76. The molecule has 2 aromatic rings. The Kier molecular flexibility index (Phi) is 5.44. The molecular weight excluding hydrogens is 435 g/mol. The summed E-state index contributed by atoms with van der Waals surface area (Å²) in [5.41, 5.74) is 1.51. The van der Waals surface area contributed by atoms with E-state index >= 15 is 0 Å². The zero-order chi connectivity index (χ0) is 23.1. The molecular formula is C22H25FN4O4S. The van der Waals surface area contributed by atoms with Gasteiger partial charge in [-0.2, -0.15) is 0 Å². The molecule has 0 saturated carbocycles. The molecule has 4 rings (SSSR count). The van der Waals surface area contributed by atoms with Gasteiger partial charge in [0.05, 0.1) is 17.5 Å². The third kappa shape index (κ3) is 3.72. The van der Waals surface area contributed by atoms with Crippen LogP contribution in [0.2, 0.25) is 0 Å². The molecule has 1 fully saturated rings. The minimum atomic E-state index is -3.57. The number of rotatable bonds is 4. The fourth-order valence-corrected chi connectivity index (χ4v) is 6.00. The van der Waals surface area contributed by atoms with E-state index in [0.29, 0.717) is 12.1 Å². The summed E-state index contributed by atoms with van der Waals surface area (Å²) in [6.45, 7) is 2.10. The van der Waals surface area contributed by atoms with E-state index in [1.807, 2.05) is 6.07 Å². The Morgan fingerprint density at radius 3 is 2.75 bits per heavy atom. The van der Waals surface area contributed by atoms with Crippen LogP contribution in [0.4, 0.5) is 10.1 Å². The van der Waals surface area contributed by atoms with Crippen LogP contribution >= 0.6 is 0 Å². The highest BCUT2D eigenvalue weighted by Crippen LogP contribution is 2.42. The molecule has 2 heterocycles. The number of carbonyl (C=O) groups is 1. The Morgan fingerprint density at radius 2 is 2.09 bits per heavy atom. The van der Waals surface area contributed by atoms with E-state index in [4.69, 9.17) is 10.1 Å². The monoisotopic (exact) mass is 460 g/mol. The Labute approximate surface area is 186 Å². The first kappa shape index (κ1) is 22.2. The Morgan fingerprint density at radius 1 is 1.31 bits per heavy atom. The number of aryl methyl sites for hydroxylation is 1. The van der Waals surface area contributed by atoms with E-state index in [2.05, 4.69) is 15.6 Å². The molecule has 1 aliphatic carbocycles. The van der Waals surface area contributed by atoms with Gasteiger partial charge in [0.1, 0.15) is 22.0 Å². The number of pyridine rings is 1. The number of amidine groups is 1. The van der Waals surface area contributed by atoms with E-state index in [9.17, 15) is 17.6 Å². The zero-order valence-electron chi connectivity index (χ0n) is 17.9. The second kappa shape index (κ2) is 7.84. The van der Waals surface area contributed by atoms with Crippen LogP contribution in [-0.2, 0) is 21.8 Å². The second-order valence-corrected chi connectivity index (χ2v) is 11.2. The van der Waals surface area contributed by atoms with Gasteiger partial charge in [-0.1, -0.05) is 6.07 Å². The van der Waals surface area contributed by atoms with Crippen LogP contribution in [-0.4, -0.2) is 42.5 Å². The lowest BCUT2D eigenvalue weighted by Crippen LogP contribution is -2.65. The molecule has 0 unspecified atom stereocenters. The van der Waals surface area contributed by atoms with Crippen LogP contribution in [0.25, 0.3) is 0 Å². The summed E-state index contributed by atoms with van der Waals surface area (Å²) in [6, 6.07) is 8.31. The maximum absolute atomic E-state index is 13.0. The topological polar surface area (TPSA) is 121 Å². The van der Waals surface area contributed by atoms with Crippen molar-refractivity contribution in [1.82, 2.24) is 10.3 Å². The third-order valence-electron chi connectivity index (χ3n) is 6.30. The Bertz CT molecular complexity index is 1180. The fraction of sp³-hybridized carbons (Fsp3) is 0.409. The molecule has 0 radical (unpaired) electrons. The highest BCUT2D eigenvalue weighted by molar-refractivity contribution is 7.93. The summed E-state index contributed by atoms with van der Waals surface area (Å²) in [5, 5.41) is 14.4. The van der Waals surface area contributed by atoms with Gasteiger partial charge in [-0.25, -0.2) is 17.8 Å². The number of sulfone groups is 1. The number of hydrogen-bond acceptors (Lipinski definition) is 6. The maximum atomic E-state index is 13.0. The number of alkyl halides is 1. The van der Waals surface area contributed by atoms with Gasteiger partial charge >= 0.3 is 0 Å². The van der Waals surface area contributed by atoms with Crippen LogP contribution in [0.15, 0.2) is 36.5 Å². The molecule has 1 aromatic carbocycles. The smallest absolute Gasteiger partial charge is 0.274 e. The van der Waals surface area contributed by atoms with Crippen molar-refractivity contribution >= 4 is 27.3 Å². The number of nitrogens with one attached hydrogen (secondary N) is 3. The highest BCUT2D eigenvalue weighted by Gasteiger charge is 2.53. The fourth-order valence-electron chi connectivity index (χ4n) is 4.26. The van der Waals surface area contributed by atoms with Crippen LogP contribution in [0.3, 0.4) is 0 Å². The molecule has 8 nitrogen and oxygen atoms in total. The van der Waals surface area contributed by atoms with Crippen LogP contribution < -0.4 is 15.4 Å². The first-order chi connectivity index (χ1) is 15.1. The number of halogens is 1. The lowest BCUT2D eigenvalue weighted by molar-refractivity contribution is 0.102. The number of ether oxygens (including phenoxy) is 1. The molecule has 170 valence electrons. The van der Waals surface area contributed by atoms with Gasteiger partial charge in [-0.15, -0.1) is 0 Å². The molecule has 1 aliphatic heterocycles. The van der Waals surface area contributed by atoms with Gasteiger partial charge in [0.25, 0.3) is 5.91 Å². The predicted molar refractivity (Wildman–Crippen MR) is 119 cm³/mol. The van der Waals surface area contributed by atoms with Gasteiger partial charge in [0, 0.05) is 5.69 Å². The van der Waals surface area contributed by atoms with Crippen LogP contribution in [0, 0.1) is 5.41 Å². The van der Waals surface area contributed by atoms with Crippen LogP contribution in [0.1, 0.15) is 48.3 Å². The van der Waals surface area contributed by atoms with E-state index in [1.165, 1.54) is 18.3 Å². The van der Waals surface area contributed by atoms with Gasteiger partial charge in [0.15, 0.2) is 9.84 Å². The molecule has 32 heavy (non-hydrogen) atoms. The van der Waals surface area contributed by atoms with Crippen molar-refractivity contribution in [2.24, 2.45) is 0 Å². The number of hydrogen-bond donors (Lipinski definition) is 3. The lowest BCUT2D eigenvalue weighted by Gasteiger charge is -2.47. The Balaban J connectivity index is 1.64. The predicted octanol–water partition coefficient (Wildman–Crippen LogP) is 2.95. The summed E-state index contributed by atoms with van der Waals surface area (Å²) in [4.78, 5) is 16.6. The number of fused-ring (bicyclic) bond motifs is 2. The highest BCUT2D eigenvalue weighted by atomic mass is 32.2. The minimum Gasteiger partial charge on any atom is -0.461 e. The van der Waals surface area contributed by atoms with Crippen molar-refractivity contribution in [2.45, 2.75) is 43.4 Å². The minimum absolute atomic E-state index is 0.0224. The Hall–Kier alpha value is -3.01. The summed E-state index contributed by atoms with van der Waals surface area (Å²) < 4.78 is 41.7. The first-order valence-corrected chi connectivity index (χ1v) is 11.9. The van der Waals surface area contributed by atoms with Crippen molar-refractivity contribution in [3.63, 3.8) is 0 Å². The zero-order valence-corrected chi connectivity index (χ0v) is 18.7. The number of nitrogens with zero attached hydrogens (tertiary/aromatic N) is 1. The molecule has 1 atom stereocenters. The molecule has 1 aromatic heterocycles. The second-order valence-electron chi connectivity index (χ2n) is 8.66. The van der Waals surface area contributed by atoms with Crippen molar-refractivity contribution in [3.05, 3.63) is 53.3 Å². The number of carbonyl (C=O) groups excluding carboxylic acids is 1. The molecule has 10 heteroatoms. The van der Waals surface area contributed by atoms with Crippen molar-refractivity contribution in [1.29, 1.82) is 5.41 Å². The van der Waals surface area contributed by atoms with Gasteiger partial charge in [-0.05, 0) is 68.5 Å². The normalized spacial score (nSPS) is 23.2. The third-order valence-corrected chi connectivity index (χ3v) is 8.94. The van der Waals surface area contributed by atoms with E-state index in [0.717, 1.165) is 24.0 Å². The van der Waals surface area contributed by atoms with E-state index < -0.39 is 32.9 Å². The molecule has 0 bridgehead atoms. The maximum Gasteiger partial charge on any atom is 0.274 e. The van der Waals surface area contributed by atoms with Gasteiger partial charge < -0.3 is 15.4 Å². The molecule has 2 aliphatic rings. The first-order valence-electron chi connectivity index (χ1n) is 10.3. The average Bonchev–Trinajstić information content (AvgIpc) is 2.74. The summed E-state index contributed by atoms with van der Waals surface area (Å²) in [6.07, 6.45) is 3.43. The number of benzene rings is 1. The SMILES string of the molecule is CC1(C)C(=N)N[C@@]2(CCCc3ccc(NC(=O)c4ccc(OCF)cn4)cc32)CS1(=O)=O. The van der Waals surface area contributed by atoms with Gasteiger partial charge in [0.2, 0.25) is 6.86 Å². The summed E-state index contributed by atoms with van der Waals surface area (Å²) in [7, 11) is -3.57. The number of amides is 1. The van der Waals surface area contributed by atoms with Crippen molar-refractivity contribution in [3.8, 4) is 5.75 Å². The molecule has 1 spiro atoms. The van der Waals surface area contributed by atoms with Crippen molar-refractivity contribution < 1.29 is 22.3 Å². The molecule has 1 saturated heterocycles. The van der Waals surface area contributed by atoms with Crippen LogP contribution in [0.5, 0.6) is 5.75 Å². The number of anilines is 1. The van der Waals surface area contributed by atoms with Crippen molar-refractivity contribution in [2.75, 3.05) is 17.9 Å². The van der Waals surface area contributed by atoms with E-state index in [1.54, 1.807) is 26.0 Å². The average molecular weight is 461 g/mol. The molecule has 1 amide bonds. The molecule has 3 N–H and O–H groups in total. The summed E-state index contributed by atoms with van der Waals surface area (Å²) >= 11 is 0. The quantitative estimate of drug-likeness (QED) is 0.645. The van der Waals surface area contributed by atoms with E-state index in [-0.39, 0.29) is 23.0 Å². The number of aromatic nitrogens is 1. The standard InChI is InChI=1S/C22H25FN4O4S/c1-21(2)20(24)27-22(12-32(21,29)30)9-3-4-14-5-6-15(10-17(14)22)26-19(28)18-8-7-16(11-25-18)31-13-23/h5-8,10-11H,3-4,9,12-13H2,1-2H3,(H2,24,27)(H,26,28)/t22-/m0/s1. The van der Waals surface area contributed by atoms with Gasteiger partial charge in [-0.3, -0.25) is 10.2 Å².